The molecular weight excluding hydrogens is 416 g/mol. The van der Waals surface area contributed by atoms with E-state index in [1.807, 2.05) is 19.1 Å². The van der Waals surface area contributed by atoms with Crippen LogP contribution >= 0.6 is 0 Å². The van der Waals surface area contributed by atoms with E-state index in [0.29, 0.717) is 5.70 Å². The first-order valence-electron chi connectivity index (χ1n) is 12.0. The smallest absolute Gasteiger partial charge is 0.235 e. The SMILES string of the molecule is C[C@H]1C(COc2cccc3c(C[N+]4(C)CCCC4)cccc23)=C(C=O)N2C(=O)[C@H]([C@@H](C)O)C12. The van der Waals surface area contributed by atoms with E-state index in [-0.39, 0.29) is 24.5 Å². The van der Waals surface area contributed by atoms with Crippen LogP contribution in [0.5, 0.6) is 5.75 Å². The second-order valence-electron chi connectivity index (χ2n) is 10.3. The summed E-state index contributed by atoms with van der Waals surface area (Å²) in [5, 5.41) is 12.3. The number of aliphatic hydroxyl groups excluding tert-OH is 1. The number of fused-ring (bicyclic) bond motifs is 2. The molecule has 2 saturated heterocycles. The molecule has 0 aromatic heterocycles. The first-order chi connectivity index (χ1) is 15.8. The molecule has 0 saturated carbocycles. The first-order valence-corrected chi connectivity index (χ1v) is 12.0. The Labute approximate surface area is 195 Å². The van der Waals surface area contributed by atoms with Gasteiger partial charge in [-0.25, -0.2) is 0 Å². The van der Waals surface area contributed by atoms with E-state index < -0.39 is 12.0 Å². The Morgan fingerprint density at radius 2 is 1.88 bits per heavy atom. The number of benzene rings is 2. The number of carbonyl (C=O) groups excluding carboxylic acids is 2. The fraction of sp³-hybridized carbons (Fsp3) is 0.481. The largest absolute Gasteiger partial charge is 0.489 e. The Bertz CT molecular complexity index is 1130. The van der Waals surface area contributed by atoms with Gasteiger partial charge >= 0.3 is 0 Å². The molecule has 33 heavy (non-hydrogen) atoms. The second kappa shape index (κ2) is 8.26. The lowest BCUT2D eigenvalue weighted by Gasteiger charge is -2.46. The summed E-state index contributed by atoms with van der Waals surface area (Å²) in [5.41, 5.74) is 2.57. The highest BCUT2D eigenvalue weighted by atomic mass is 16.5. The average molecular weight is 450 g/mol. The van der Waals surface area contributed by atoms with Gasteiger partial charge in [-0.2, -0.15) is 0 Å². The van der Waals surface area contributed by atoms with Crippen LogP contribution in [0.25, 0.3) is 10.8 Å². The molecule has 5 rings (SSSR count). The fourth-order valence-electron chi connectivity index (χ4n) is 6.20. The quantitative estimate of drug-likeness (QED) is 0.400. The molecule has 1 unspecified atom stereocenters. The number of amides is 1. The van der Waals surface area contributed by atoms with Crippen molar-refractivity contribution in [2.24, 2.45) is 11.8 Å². The Balaban J connectivity index is 1.40. The van der Waals surface area contributed by atoms with Gasteiger partial charge in [-0.1, -0.05) is 37.3 Å². The topological polar surface area (TPSA) is 66.8 Å². The normalized spacial score (nSPS) is 27.0. The van der Waals surface area contributed by atoms with Crippen molar-refractivity contribution in [2.75, 3.05) is 26.7 Å². The molecule has 2 aromatic rings. The number of rotatable bonds is 7. The van der Waals surface area contributed by atoms with Gasteiger partial charge in [0.25, 0.3) is 0 Å². The maximum atomic E-state index is 12.5. The highest BCUT2D eigenvalue weighted by Gasteiger charge is 2.58. The number of quaternary nitrogens is 1. The molecule has 0 bridgehead atoms. The van der Waals surface area contributed by atoms with Gasteiger partial charge in [0.15, 0.2) is 6.29 Å². The minimum Gasteiger partial charge on any atom is -0.489 e. The molecule has 3 aliphatic heterocycles. The van der Waals surface area contributed by atoms with Gasteiger partial charge in [0.1, 0.15) is 18.9 Å². The van der Waals surface area contributed by atoms with Crippen molar-refractivity contribution in [3.63, 3.8) is 0 Å². The third-order valence-corrected chi connectivity index (χ3v) is 8.02. The molecule has 4 atom stereocenters. The standard InChI is InChI=1S/C27H33N2O4/c1-17-22(23(15-30)28-26(17)25(18(2)31)27(28)32)16-33-24-11-7-9-20-19(8-6-10-21(20)24)14-29(3)12-4-5-13-29/h6-11,15,17-18,25-26,31H,4-5,12-14,16H2,1-3H3/q+1/t17-,18+,25+,26?/m0/s1. The third-order valence-electron chi connectivity index (χ3n) is 8.02. The van der Waals surface area contributed by atoms with E-state index in [9.17, 15) is 14.7 Å². The van der Waals surface area contributed by atoms with Crippen LogP contribution in [0.2, 0.25) is 0 Å². The summed E-state index contributed by atoms with van der Waals surface area (Å²) in [4.78, 5) is 25.9. The lowest BCUT2D eigenvalue weighted by Crippen LogP contribution is -2.63. The van der Waals surface area contributed by atoms with E-state index in [0.717, 1.165) is 34.0 Å². The molecule has 0 radical (unpaired) electrons. The van der Waals surface area contributed by atoms with E-state index in [4.69, 9.17) is 4.74 Å². The summed E-state index contributed by atoms with van der Waals surface area (Å²) in [6.45, 7) is 7.35. The summed E-state index contributed by atoms with van der Waals surface area (Å²) >= 11 is 0. The number of nitrogens with zero attached hydrogens (tertiary/aromatic N) is 2. The maximum absolute atomic E-state index is 12.5. The van der Waals surface area contributed by atoms with Crippen LogP contribution in [0, 0.1) is 11.8 Å². The van der Waals surface area contributed by atoms with E-state index >= 15 is 0 Å². The zero-order valence-corrected chi connectivity index (χ0v) is 19.7. The van der Waals surface area contributed by atoms with Crippen LogP contribution in [0.3, 0.4) is 0 Å². The lowest BCUT2D eigenvalue weighted by molar-refractivity contribution is -0.910. The van der Waals surface area contributed by atoms with E-state index in [1.165, 1.54) is 36.9 Å². The summed E-state index contributed by atoms with van der Waals surface area (Å²) in [6, 6.07) is 12.4. The van der Waals surface area contributed by atoms with Crippen LogP contribution in [0.15, 0.2) is 47.7 Å². The number of allylic oxidation sites excluding steroid dienone is 1. The molecule has 2 fully saturated rings. The van der Waals surface area contributed by atoms with Crippen molar-refractivity contribution in [3.05, 3.63) is 53.2 Å². The summed E-state index contributed by atoms with van der Waals surface area (Å²) in [7, 11) is 2.34. The van der Waals surface area contributed by atoms with Crippen LogP contribution in [0.4, 0.5) is 0 Å². The summed E-state index contributed by atoms with van der Waals surface area (Å²) < 4.78 is 7.37. The fourth-order valence-corrected chi connectivity index (χ4v) is 6.20. The van der Waals surface area contributed by atoms with Crippen LogP contribution < -0.4 is 4.74 Å². The number of β-lactam (4-membered cyclic amide) rings is 1. The zero-order chi connectivity index (χ0) is 23.3. The lowest BCUT2D eigenvalue weighted by atomic mass is 9.78. The maximum Gasteiger partial charge on any atom is 0.235 e. The van der Waals surface area contributed by atoms with Gasteiger partial charge in [0.2, 0.25) is 5.91 Å². The highest BCUT2D eigenvalue weighted by molar-refractivity contribution is 5.96. The summed E-state index contributed by atoms with van der Waals surface area (Å²) in [6.07, 6.45) is 2.61. The summed E-state index contributed by atoms with van der Waals surface area (Å²) in [5.74, 6) is 0.124. The van der Waals surface area contributed by atoms with E-state index in [2.05, 4.69) is 31.3 Å². The molecule has 174 valence electrons. The molecule has 3 aliphatic rings. The van der Waals surface area contributed by atoms with Gasteiger partial charge in [-0.05, 0) is 23.9 Å². The van der Waals surface area contributed by atoms with Gasteiger partial charge < -0.3 is 19.2 Å². The molecule has 3 heterocycles. The number of hydrogen-bond donors (Lipinski definition) is 1. The van der Waals surface area contributed by atoms with E-state index in [1.54, 1.807) is 11.8 Å². The Kier molecular flexibility index (Phi) is 5.53. The van der Waals surface area contributed by atoms with Gasteiger partial charge in [0, 0.05) is 29.7 Å². The Morgan fingerprint density at radius 3 is 2.58 bits per heavy atom. The number of aldehydes is 1. The van der Waals surface area contributed by atoms with Gasteiger partial charge in [-0.3, -0.25) is 9.59 Å². The van der Waals surface area contributed by atoms with Crippen molar-refractivity contribution >= 4 is 23.0 Å². The average Bonchev–Trinajstić information content (AvgIpc) is 3.31. The molecule has 6 nitrogen and oxygen atoms in total. The zero-order valence-electron chi connectivity index (χ0n) is 19.7. The molecular formula is C27H33N2O4+. The van der Waals surface area contributed by atoms with Crippen molar-refractivity contribution in [1.29, 1.82) is 0 Å². The monoisotopic (exact) mass is 449 g/mol. The first kappa shape index (κ1) is 22.1. The van der Waals surface area contributed by atoms with Gasteiger partial charge in [-0.15, -0.1) is 0 Å². The predicted molar refractivity (Wildman–Crippen MR) is 126 cm³/mol. The van der Waals surface area contributed by atoms with Crippen molar-refractivity contribution < 1.29 is 23.9 Å². The Hall–Kier alpha value is -2.70. The number of hydrogen-bond acceptors (Lipinski definition) is 4. The van der Waals surface area contributed by atoms with Crippen LogP contribution in [-0.2, 0) is 16.1 Å². The minimum atomic E-state index is -0.731. The minimum absolute atomic E-state index is 0.0346. The van der Waals surface area contributed by atoms with Gasteiger partial charge in [0.05, 0.1) is 43.9 Å². The molecule has 0 spiro atoms. The molecule has 0 aliphatic carbocycles. The Morgan fingerprint density at radius 1 is 1.18 bits per heavy atom. The highest BCUT2D eigenvalue weighted by Crippen LogP contribution is 2.46. The number of aliphatic hydroxyl groups is 1. The van der Waals surface area contributed by atoms with Crippen LogP contribution in [0.1, 0.15) is 32.3 Å². The number of carbonyl (C=O) groups is 2. The van der Waals surface area contributed by atoms with Crippen LogP contribution in [-0.4, -0.2) is 65.6 Å². The molecule has 6 heteroatoms. The molecule has 1 N–H and O–H groups in total. The van der Waals surface area contributed by atoms with Crippen molar-refractivity contribution in [1.82, 2.24) is 4.90 Å². The molecule has 1 amide bonds. The van der Waals surface area contributed by atoms with Crippen molar-refractivity contribution in [2.45, 2.75) is 45.4 Å². The predicted octanol–water partition coefficient (Wildman–Crippen LogP) is 3.27. The number of likely N-dealkylation sites (tertiary alicyclic amines) is 1. The van der Waals surface area contributed by atoms with Crippen molar-refractivity contribution in [3.8, 4) is 5.75 Å². The second-order valence-corrected chi connectivity index (χ2v) is 10.3. The molecule has 2 aromatic carbocycles. The third kappa shape index (κ3) is 3.56. The number of ether oxygens (including phenoxy) is 1.